The Hall–Kier alpha value is -1.76. The Morgan fingerprint density at radius 2 is 2.11 bits per heavy atom. The molecule has 1 aromatic rings. The van der Waals surface area contributed by atoms with Crippen molar-refractivity contribution < 1.29 is 17.9 Å². The molecule has 0 aromatic heterocycles. The van der Waals surface area contributed by atoms with Gasteiger partial charge in [-0.1, -0.05) is 6.07 Å². The van der Waals surface area contributed by atoms with E-state index in [4.69, 9.17) is 10.5 Å². The Bertz CT molecular complexity index is 528. The highest BCUT2D eigenvalue weighted by atomic mass is 32.2. The molecule has 1 rings (SSSR count). The number of ether oxygens (including phenoxy) is 1. The average molecular weight is 272 g/mol. The van der Waals surface area contributed by atoms with Crippen molar-refractivity contribution in [2.24, 2.45) is 5.73 Å². The first-order valence-electron chi connectivity index (χ1n) is 5.33. The van der Waals surface area contributed by atoms with Crippen LogP contribution in [0.1, 0.15) is 6.92 Å². The van der Waals surface area contributed by atoms with Crippen molar-refractivity contribution in [2.75, 3.05) is 23.7 Å². The Kier molecular flexibility index (Phi) is 4.55. The highest BCUT2D eigenvalue weighted by Gasteiger charge is 2.22. The van der Waals surface area contributed by atoms with E-state index >= 15 is 0 Å². The Balaban J connectivity index is 3.21. The van der Waals surface area contributed by atoms with Gasteiger partial charge in [0, 0.05) is 6.07 Å². The first-order chi connectivity index (χ1) is 8.40. The smallest absolute Gasteiger partial charge is 0.238 e. The third-order valence-electron chi connectivity index (χ3n) is 2.34. The van der Waals surface area contributed by atoms with E-state index in [0.717, 1.165) is 4.31 Å². The topological polar surface area (TPSA) is 89.7 Å². The SMILES string of the molecule is CCS(=O)(=O)N(CC(N)=O)c1cccc(OC)c1. The zero-order chi connectivity index (χ0) is 13.8. The summed E-state index contributed by atoms with van der Waals surface area (Å²) in [5, 5.41) is 0. The molecule has 6 nitrogen and oxygen atoms in total. The summed E-state index contributed by atoms with van der Waals surface area (Å²) in [4.78, 5) is 11.0. The second-order valence-electron chi connectivity index (χ2n) is 3.57. The van der Waals surface area contributed by atoms with Crippen LogP contribution in [0, 0.1) is 0 Å². The number of hydrogen-bond acceptors (Lipinski definition) is 4. The predicted molar refractivity (Wildman–Crippen MR) is 69.0 cm³/mol. The number of rotatable bonds is 6. The summed E-state index contributed by atoms with van der Waals surface area (Å²) in [7, 11) is -2.08. The van der Waals surface area contributed by atoms with Gasteiger partial charge in [-0.15, -0.1) is 0 Å². The van der Waals surface area contributed by atoms with Crippen LogP contribution in [0.3, 0.4) is 0 Å². The highest BCUT2D eigenvalue weighted by Crippen LogP contribution is 2.23. The molecule has 0 atom stereocenters. The maximum atomic E-state index is 11.9. The van der Waals surface area contributed by atoms with Crippen LogP contribution in [0.15, 0.2) is 24.3 Å². The van der Waals surface area contributed by atoms with Gasteiger partial charge in [0.1, 0.15) is 12.3 Å². The molecule has 0 aliphatic heterocycles. The molecule has 0 heterocycles. The molecule has 100 valence electrons. The van der Waals surface area contributed by atoms with Crippen molar-refractivity contribution in [3.05, 3.63) is 24.3 Å². The van der Waals surface area contributed by atoms with Crippen molar-refractivity contribution in [1.82, 2.24) is 0 Å². The number of anilines is 1. The minimum absolute atomic E-state index is 0.114. The van der Waals surface area contributed by atoms with Gasteiger partial charge in [0.2, 0.25) is 15.9 Å². The molecular formula is C11H16N2O4S. The molecule has 0 radical (unpaired) electrons. The van der Waals surface area contributed by atoms with Crippen molar-refractivity contribution in [3.63, 3.8) is 0 Å². The van der Waals surface area contributed by atoms with Crippen molar-refractivity contribution in [1.29, 1.82) is 0 Å². The summed E-state index contributed by atoms with van der Waals surface area (Å²) in [6, 6.07) is 6.45. The lowest BCUT2D eigenvalue weighted by Gasteiger charge is -2.22. The number of carbonyl (C=O) groups excluding carboxylic acids is 1. The van der Waals surface area contributed by atoms with Crippen LogP contribution in [0.25, 0.3) is 0 Å². The highest BCUT2D eigenvalue weighted by molar-refractivity contribution is 7.92. The summed E-state index contributed by atoms with van der Waals surface area (Å²) in [5.41, 5.74) is 5.43. The fourth-order valence-electron chi connectivity index (χ4n) is 1.41. The molecular weight excluding hydrogens is 256 g/mol. The monoisotopic (exact) mass is 272 g/mol. The molecule has 0 bridgehead atoms. The van der Waals surface area contributed by atoms with E-state index in [2.05, 4.69) is 0 Å². The Labute approximate surface area is 106 Å². The molecule has 0 fully saturated rings. The van der Waals surface area contributed by atoms with Gasteiger partial charge in [-0.05, 0) is 19.1 Å². The van der Waals surface area contributed by atoms with Gasteiger partial charge in [-0.25, -0.2) is 8.42 Å². The number of amides is 1. The number of nitrogens with zero attached hydrogens (tertiary/aromatic N) is 1. The fraction of sp³-hybridized carbons (Fsp3) is 0.364. The molecule has 18 heavy (non-hydrogen) atoms. The van der Waals surface area contributed by atoms with Crippen LogP contribution in [0.4, 0.5) is 5.69 Å². The second kappa shape index (κ2) is 5.72. The number of benzene rings is 1. The summed E-state index contributed by atoms with van der Waals surface area (Å²) >= 11 is 0. The lowest BCUT2D eigenvalue weighted by molar-refractivity contribution is -0.116. The van der Waals surface area contributed by atoms with E-state index in [9.17, 15) is 13.2 Å². The van der Waals surface area contributed by atoms with Crippen molar-refractivity contribution in [2.45, 2.75) is 6.92 Å². The van der Waals surface area contributed by atoms with Gasteiger partial charge in [0.25, 0.3) is 0 Å². The molecule has 1 aromatic carbocycles. The minimum atomic E-state index is -3.56. The Morgan fingerprint density at radius 1 is 1.44 bits per heavy atom. The molecule has 0 saturated heterocycles. The lowest BCUT2D eigenvalue weighted by Crippen LogP contribution is -2.39. The average Bonchev–Trinajstić information content (AvgIpc) is 2.35. The third-order valence-corrected chi connectivity index (χ3v) is 4.08. The predicted octanol–water partition coefficient (Wildman–Crippen LogP) is 0.337. The first-order valence-corrected chi connectivity index (χ1v) is 6.94. The van der Waals surface area contributed by atoms with E-state index in [1.807, 2.05) is 0 Å². The van der Waals surface area contributed by atoms with Crippen molar-refractivity contribution >= 4 is 21.6 Å². The van der Waals surface area contributed by atoms with Gasteiger partial charge in [0.05, 0.1) is 18.6 Å². The van der Waals surface area contributed by atoms with Gasteiger partial charge < -0.3 is 10.5 Å². The van der Waals surface area contributed by atoms with Gasteiger partial charge >= 0.3 is 0 Å². The number of methoxy groups -OCH3 is 1. The molecule has 7 heteroatoms. The third kappa shape index (κ3) is 3.36. The second-order valence-corrected chi connectivity index (χ2v) is 5.76. The van der Waals surface area contributed by atoms with Crippen LogP contribution in [0.5, 0.6) is 5.75 Å². The standard InChI is InChI=1S/C11H16N2O4S/c1-3-18(15,16)13(8-11(12)14)9-5-4-6-10(7-9)17-2/h4-7H,3,8H2,1-2H3,(H2,12,14). The number of hydrogen-bond donors (Lipinski definition) is 1. The zero-order valence-electron chi connectivity index (χ0n) is 10.3. The first kappa shape index (κ1) is 14.3. The number of nitrogens with two attached hydrogens (primary N) is 1. The maximum absolute atomic E-state index is 11.9. The quantitative estimate of drug-likeness (QED) is 0.808. The van der Waals surface area contributed by atoms with E-state index in [-0.39, 0.29) is 12.3 Å². The summed E-state index contributed by atoms with van der Waals surface area (Å²) < 4.78 is 29.8. The normalized spacial score (nSPS) is 11.0. The van der Waals surface area contributed by atoms with E-state index in [1.165, 1.54) is 20.1 Å². The van der Waals surface area contributed by atoms with Crippen LogP contribution >= 0.6 is 0 Å². The maximum Gasteiger partial charge on any atom is 0.238 e. The largest absolute Gasteiger partial charge is 0.497 e. The van der Waals surface area contributed by atoms with Crippen LogP contribution < -0.4 is 14.8 Å². The van der Waals surface area contributed by atoms with Crippen LogP contribution in [-0.4, -0.2) is 33.7 Å². The fourth-order valence-corrected chi connectivity index (χ4v) is 2.48. The van der Waals surface area contributed by atoms with Gasteiger partial charge in [0.15, 0.2) is 0 Å². The minimum Gasteiger partial charge on any atom is -0.497 e. The number of sulfonamides is 1. The molecule has 0 aliphatic carbocycles. The summed E-state index contributed by atoms with van der Waals surface area (Å²) in [6.07, 6.45) is 0. The van der Waals surface area contributed by atoms with E-state index in [1.54, 1.807) is 18.2 Å². The molecule has 0 unspecified atom stereocenters. The van der Waals surface area contributed by atoms with Gasteiger partial charge in [-0.2, -0.15) is 0 Å². The molecule has 0 saturated carbocycles. The van der Waals surface area contributed by atoms with Gasteiger partial charge in [-0.3, -0.25) is 9.10 Å². The molecule has 0 aliphatic rings. The molecule has 1 amide bonds. The zero-order valence-corrected chi connectivity index (χ0v) is 11.1. The number of primary amides is 1. The van der Waals surface area contributed by atoms with E-state index in [0.29, 0.717) is 11.4 Å². The number of carbonyl (C=O) groups is 1. The van der Waals surface area contributed by atoms with Crippen LogP contribution in [0.2, 0.25) is 0 Å². The summed E-state index contributed by atoms with van der Waals surface area (Å²) in [6.45, 7) is 1.12. The molecule has 2 N–H and O–H groups in total. The van der Waals surface area contributed by atoms with Crippen LogP contribution in [-0.2, 0) is 14.8 Å². The summed E-state index contributed by atoms with van der Waals surface area (Å²) in [5.74, 6) is -0.319. The molecule has 0 spiro atoms. The van der Waals surface area contributed by atoms with Crippen molar-refractivity contribution in [3.8, 4) is 5.75 Å². The van der Waals surface area contributed by atoms with E-state index < -0.39 is 15.9 Å². The Morgan fingerprint density at radius 3 is 2.61 bits per heavy atom. The lowest BCUT2D eigenvalue weighted by atomic mass is 10.3.